The minimum absolute atomic E-state index is 0.119. The van der Waals surface area contributed by atoms with Crippen molar-refractivity contribution in [2.45, 2.75) is 19.4 Å². The van der Waals surface area contributed by atoms with E-state index >= 15 is 0 Å². The molecular weight excluding hydrogens is 114 g/mol. The third-order valence-corrected chi connectivity index (χ3v) is 1.45. The highest BCUT2D eigenvalue weighted by Crippen LogP contribution is 2.08. The molecule has 0 heterocycles. The van der Waals surface area contributed by atoms with Crippen LogP contribution in [0.2, 0.25) is 0 Å². The molecule has 0 fully saturated rings. The van der Waals surface area contributed by atoms with E-state index in [4.69, 9.17) is 5.21 Å². The Hall–Kier alpha value is -0.600. The topological polar surface area (TPSA) is 32.3 Å². The number of allylic oxidation sites excluding steroid dienone is 2. The lowest BCUT2D eigenvalue weighted by molar-refractivity contribution is 0.143. The standard InChI is InChI=1S/C7H11NO/c1-6-2-4-7(8-9)5-3-6/h2-4,7-9H,5H2,1H3. The molecule has 0 bridgehead atoms. The Balaban J connectivity index is 2.48. The first-order valence-corrected chi connectivity index (χ1v) is 3.07. The Bertz CT molecular complexity index is 149. The predicted molar refractivity (Wildman–Crippen MR) is 36.2 cm³/mol. The van der Waals surface area contributed by atoms with E-state index in [0.29, 0.717) is 0 Å². The van der Waals surface area contributed by atoms with Crippen LogP contribution in [0.25, 0.3) is 0 Å². The van der Waals surface area contributed by atoms with Crippen molar-refractivity contribution < 1.29 is 5.21 Å². The highest BCUT2D eigenvalue weighted by molar-refractivity contribution is 5.22. The van der Waals surface area contributed by atoms with Crippen LogP contribution in [0.15, 0.2) is 23.8 Å². The Morgan fingerprint density at radius 1 is 1.78 bits per heavy atom. The van der Waals surface area contributed by atoms with Crippen molar-refractivity contribution in [2.24, 2.45) is 0 Å². The second kappa shape index (κ2) is 2.80. The van der Waals surface area contributed by atoms with Crippen LogP contribution in [-0.4, -0.2) is 11.2 Å². The lowest BCUT2D eigenvalue weighted by Gasteiger charge is -2.11. The fourth-order valence-corrected chi connectivity index (χ4v) is 0.823. The lowest BCUT2D eigenvalue weighted by atomic mass is 10.1. The van der Waals surface area contributed by atoms with Gasteiger partial charge in [-0.3, -0.25) is 0 Å². The van der Waals surface area contributed by atoms with E-state index in [2.05, 4.69) is 11.6 Å². The summed E-state index contributed by atoms with van der Waals surface area (Å²) in [5, 5.41) is 8.45. The van der Waals surface area contributed by atoms with Crippen molar-refractivity contribution >= 4 is 0 Å². The highest BCUT2D eigenvalue weighted by Gasteiger charge is 2.02. The Morgan fingerprint density at radius 3 is 3.00 bits per heavy atom. The molecule has 2 nitrogen and oxygen atoms in total. The van der Waals surface area contributed by atoms with Gasteiger partial charge >= 0.3 is 0 Å². The summed E-state index contributed by atoms with van der Waals surface area (Å²) in [5.74, 6) is 0. The summed E-state index contributed by atoms with van der Waals surface area (Å²) >= 11 is 0. The van der Waals surface area contributed by atoms with Gasteiger partial charge in [0.05, 0.1) is 6.04 Å². The number of hydroxylamine groups is 1. The zero-order valence-corrected chi connectivity index (χ0v) is 5.46. The molecule has 2 heteroatoms. The second-order valence-electron chi connectivity index (χ2n) is 2.28. The lowest BCUT2D eigenvalue weighted by Crippen LogP contribution is -2.23. The molecule has 1 rings (SSSR count). The van der Waals surface area contributed by atoms with E-state index in [1.54, 1.807) is 0 Å². The molecule has 0 saturated heterocycles. The molecule has 0 saturated carbocycles. The fourth-order valence-electron chi connectivity index (χ4n) is 0.823. The van der Waals surface area contributed by atoms with E-state index < -0.39 is 0 Å². The molecule has 1 aliphatic carbocycles. The van der Waals surface area contributed by atoms with Crippen LogP contribution in [0.3, 0.4) is 0 Å². The average Bonchev–Trinajstić information content (AvgIpc) is 1.90. The van der Waals surface area contributed by atoms with Gasteiger partial charge in [0.2, 0.25) is 0 Å². The SMILES string of the molecule is CC1=CCC(NO)C=C1. The van der Waals surface area contributed by atoms with E-state index in [9.17, 15) is 0 Å². The maximum absolute atomic E-state index is 8.45. The zero-order valence-electron chi connectivity index (χ0n) is 5.46. The quantitative estimate of drug-likeness (QED) is 0.517. The predicted octanol–water partition coefficient (Wildman–Crippen LogP) is 1.24. The summed E-state index contributed by atoms with van der Waals surface area (Å²) in [7, 11) is 0. The van der Waals surface area contributed by atoms with Gasteiger partial charge in [-0.25, -0.2) is 0 Å². The summed E-state index contributed by atoms with van der Waals surface area (Å²) in [4.78, 5) is 0. The first-order valence-electron chi connectivity index (χ1n) is 3.07. The van der Waals surface area contributed by atoms with Gasteiger partial charge in [0.25, 0.3) is 0 Å². The van der Waals surface area contributed by atoms with Crippen LogP contribution < -0.4 is 5.48 Å². The molecule has 0 aromatic carbocycles. The van der Waals surface area contributed by atoms with E-state index in [1.165, 1.54) is 5.57 Å². The van der Waals surface area contributed by atoms with Crippen LogP contribution in [-0.2, 0) is 0 Å². The van der Waals surface area contributed by atoms with E-state index in [1.807, 2.05) is 19.1 Å². The first-order chi connectivity index (χ1) is 4.33. The number of hydrogen-bond donors (Lipinski definition) is 2. The summed E-state index contributed by atoms with van der Waals surface area (Å²) in [5.41, 5.74) is 3.46. The van der Waals surface area contributed by atoms with Gasteiger partial charge in [0.1, 0.15) is 0 Å². The summed E-state index contributed by atoms with van der Waals surface area (Å²) < 4.78 is 0. The van der Waals surface area contributed by atoms with E-state index in [-0.39, 0.29) is 6.04 Å². The van der Waals surface area contributed by atoms with Gasteiger partial charge in [0, 0.05) is 0 Å². The molecule has 0 amide bonds. The van der Waals surface area contributed by atoms with Gasteiger partial charge in [-0.05, 0) is 13.3 Å². The van der Waals surface area contributed by atoms with Crippen molar-refractivity contribution in [3.63, 3.8) is 0 Å². The molecular formula is C7H11NO. The summed E-state index contributed by atoms with van der Waals surface area (Å²) in [6.07, 6.45) is 6.93. The molecule has 0 spiro atoms. The molecule has 1 aliphatic rings. The third kappa shape index (κ3) is 1.66. The van der Waals surface area contributed by atoms with Gasteiger partial charge in [0.15, 0.2) is 0 Å². The van der Waals surface area contributed by atoms with Gasteiger partial charge in [-0.1, -0.05) is 23.8 Å². The third-order valence-electron chi connectivity index (χ3n) is 1.45. The van der Waals surface area contributed by atoms with Crippen molar-refractivity contribution in [3.8, 4) is 0 Å². The van der Waals surface area contributed by atoms with Crippen molar-refractivity contribution in [2.75, 3.05) is 0 Å². The normalized spacial score (nSPS) is 26.0. The smallest absolute Gasteiger partial charge is 0.0537 e. The van der Waals surface area contributed by atoms with Crippen LogP contribution in [0.5, 0.6) is 0 Å². The Kier molecular flexibility index (Phi) is 2.03. The van der Waals surface area contributed by atoms with Gasteiger partial charge in [-0.15, -0.1) is 0 Å². The minimum atomic E-state index is 0.119. The maximum Gasteiger partial charge on any atom is 0.0537 e. The molecule has 1 atom stereocenters. The number of hydrogen-bond acceptors (Lipinski definition) is 2. The Morgan fingerprint density at radius 2 is 2.56 bits per heavy atom. The van der Waals surface area contributed by atoms with Crippen LogP contribution in [0.4, 0.5) is 0 Å². The van der Waals surface area contributed by atoms with Crippen molar-refractivity contribution in [1.82, 2.24) is 5.48 Å². The molecule has 0 aliphatic heterocycles. The summed E-state index contributed by atoms with van der Waals surface area (Å²) in [6, 6.07) is 0.119. The van der Waals surface area contributed by atoms with Crippen LogP contribution in [0, 0.1) is 0 Å². The molecule has 0 aromatic rings. The van der Waals surface area contributed by atoms with Crippen molar-refractivity contribution in [3.05, 3.63) is 23.8 Å². The molecule has 2 N–H and O–H groups in total. The molecule has 9 heavy (non-hydrogen) atoms. The molecule has 0 aromatic heterocycles. The van der Waals surface area contributed by atoms with Crippen LogP contribution in [0.1, 0.15) is 13.3 Å². The largest absolute Gasteiger partial charge is 0.316 e. The van der Waals surface area contributed by atoms with Gasteiger partial charge in [-0.2, -0.15) is 5.48 Å². The molecule has 0 radical (unpaired) electrons. The van der Waals surface area contributed by atoms with Crippen molar-refractivity contribution in [1.29, 1.82) is 0 Å². The number of nitrogens with one attached hydrogen (secondary N) is 1. The first kappa shape index (κ1) is 6.52. The zero-order chi connectivity index (χ0) is 6.69. The van der Waals surface area contributed by atoms with E-state index in [0.717, 1.165) is 6.42 Å². The Labute approximate surface area is 54.8 Å². The minimum Gasteiger partial charge on any atom is -0.316 e. The van der Waals surface area contributed by atoms with Crippen LogP contribution >= 0.6 is 0 Å². The highest BCUT2D eigenvalue weighted by atomic mass is 16.5. The molecule has 50 valence electrons. The second-order valence-corrected chi connectivity index (χ2v) is 2.28. The molecule has 1 unspecified atom stereocenters. The average molecular weight is 125 g/mol. The summed E-state index contributed by atoms with van der Waals surface area (Å²) in [6.45, 7) is 2.05. The van der Waals surface area contributed by atoms with Gasteiger partial charge < -0.3 is 5.21 Å². The number of rotatable bonds is 1. The fraction of sp³-hybridized carbons (Fsp3) is 0.429. The monoisotopic (exact) mass is 125 g/mol. The maximum atomic E-state index is 8.45.